The highest BCUT2D eigenvalue weighted by molar-refractivity contribution is 6.09. The van der Waals surface area contributed by atoms with Crippen molar-refractivity contribution in [3.8, 4) is 11.1 Å². The number of fused-ring (bicyclic) bond motifs is 1. The average Bonchev–Trinajstić information content (AvgIpc) is 3.14. The van der Waals surface area contributed by atoms with Gasteiger partial charge < -0.3 is 25.5 Å². The van der Waals surface area contributed by atoms with E-state index in [1.807, 2.05) is 37.3 Å². The smallest absolute Gasteiger partial charge is 0.407 e. The van der Waals surface area contributed by atoms with E-state index >= 15 is 0 Å². The van der Waals surface area contributed by atoms with Gasteiger partial charge >= 0.3 is 6.09 Å². The number of alkyl carbamates (subject to hydrolysis) is 1. The molecular weight excluding hydrogens is 437 g/mol. The lowest BCUT2D eigenvalue weighted by atomic mass is 10.0. The summed E-state index contributed by atoms with van der Waals surface area (Å²) in [5.74, 6) is -0.747. The van der Waals surface area contributed by atoms with Gasteiger partial charge in [-0.15, -0.1) is 0 Å². The number of hydrogen-bond donors (Lipinski definition) is 4. The van der Waals surface area contributed by atoms with Gasteiger partial charge in [-0.1, -0.05) is 37.3 Å². The number of halogens is 1. The highest BCUT2D eigenvalue weighted by Crippen LogP contribution is 2.33. The molecule has 0 radical (unpaired) electrons. The standard InChI is InChI=1S/C26H32FN3O4/c1-16(12-19(31)15-29-25(33)34-26(2,3)4)14-28-24(32)23-22(17-8-6-5-7-9-17)20-13-18(27)10-11-21(20)30-23/h5-11,13,16,19,30-31H,12,14-15H2,1-4H3,(H,28,32)(H,29,33)/t16-,19?/m0/s1. The molecule has 1 aromatic heterocycles. The summed E-state index contributed by atoms with van der Waals surface area (Å²) in [6.07, 6.45) is -0.994. The van der Waals surface area contributed by atoms with E-state index in [0.717, 1.165) is 5.56 Å². The quantitative estimate of drug-likeness (QED) is 0.387. The van der Waals surface area contributed by atoms with Crippen molar-refractivity contribution < 1.29 is 23.8 Å². The molecule has 0 bridgehead atoms. The molecule has 0 aliphatic heterocycles. The van der Waals surface area contributed by atoms with Crippen LogP contribution in [0.3, 0.4) is 0 Å². The molecule has 1 heterocycles. The molecular formula is C26H32FN3O4. The molecule has 2 aromatic carbocycles. The van der Waals surface area contributed by atoms with E-state index in [0.29, 0.717) is 35.1 Å². The number of aromatic nitrogens is 1. The van der Waals surface area contributed by atoms with Gasteiger partial charge in [0.2, 0.25) is 0 Å². The highest BCUT2D eigenvalue weighted by Gasteiger charge is 2.21. The monoisotopic (exact) mass is 469 g/mol. The zero-order valence-corrected chi connectivity index (χ0v) is 19.9. The Morgan fingerprint density at radius 2 is 1.79 bits per heavy atom. The van der Waals surface area contributed by atoms with Crippen molar-refractivity contribution in [3.05, 3.63) is 60.0 Å². The van der Waals surface area contributed by atoms with Crippen molar-refractivity contribution in [3.63, 3.8) is 0 Å². The van der Waals surface area contributed by atoms with Crippen LogP contribution in [0.2, 0.25) is 0 Å². The van der Waals surface area contributed by atoms with Crippen molar-refractivity contribution in [2.45, 2.75) is 45.8 Å². The zero-order chi connectivity index (χ0) is 24.9. The summed E-state index contributed by atoms with van der Waals surface area (Å²) in [5.41, 5.74) is 1.86. The second-order valence-electron chi connectivity index (χ2n) is 9.52. The van der Waals surface area contributed by atoms with Gasteiger partial charge in [-0.2, -0.15) is 0 Å². The molecule has 3 aromatic rings. The topological polar surface area (TPSA) is 103 Å². The molecule has 0 fully saturated rings. The predicted molar refractivity (Wildman–Crippen MR) is 130 cm³/mol. The molecule has 4 N–H and O–H groups in total. The Kier molecular flexibility index (Phi) is 7.94. The van der Waals surface area contributed by atoms with Crippen LogP contribution >= 0.6 is 0 Å². The van der Waals surface area contributed by atoms with E-state index in [9.17, 15) is 19.1 Å². The zero-order valence-electron chi connectivity index (χ0n) is 19.9. The van der Waals surface area contributed by atoms with Gasteiger partial charge in [-0.3, -0.25) is 4.79 Å². The normalized spacial score (nSPS) is 13.4. The number of carbonyl (C=O) groups is 2. The summed E-state index contributed by atoms with van der Waals surface area (Å²) in [4.78, 5) is 27.9. The number of benzene rings is 2. The SMILES string of the molecule is C[C@H](CNC(=O)c1[nH]c2ccc(F)cc2c1-c1ccccc1)CC(O)CNC(=O)OC(C)(C)C. The molecule has 1 unspecified atom stereocenters. The third-order valence-corrected chi connectivity index (χ3v) is 5.22. The average molecular weight is 470 g/mol. The van der Waals surface area contributed by atoms with Crippen molar-refractivity contribution in [2.75, 3.05) is 13.1 Å². The summed E-state index contributed by atoms with van der Waals surface area (Å²) in [7, 11) is 0. The number of aliphatic hydroxyl groups excluding tert-OH is 1. The molecule has 3 rings (SSSR count). The summed E-state index contributed by atoms with van der Waals surface area (Å²) in [6, 6.07) is 13.7. The maximum atomic E-state index is 13.9. The number of nitrogens with one attached hydrogen (secondary N) is 3. The molecule has 0 saturated heterocycles. The first-order chi connectivity index (χ1) is 16.0. The Morgan fingerprint density at radius 3 is 2.47 bits per heavy atom. The number of H-pyrrole nitrogens is 1. The van der Waals surface area contributed by atoms with E-state index in [1.54, 1.807) is 26.8 Å². The van der Waals surface area contributed by atoms with Crippen LogP contribution in [-0.2, 0) is 4.74 Å². The molecule has 34 heavy (non-hydrogen) atoms. The largest absolute Gasteiger partial charge is 0.444 e. The van der Waals surface area contributed by atoms with Gasteiger partial charge in [0, 0.05) is 29.6 Å². The third kappa shape index (κ3) is 6.81. The van der Waals surface area contributed by atoms with Gasteiger partial charge in [0.1, 0.15) is 17.1 Å². The number of hydrogen-bond acceptors (Lipinski definition) is 4. The summed E-state index contributed by atoms with van der Waals surface area (Å²) in [6.45, 7) is 7.57. The lowest BCUT2D eigenvalue weighted by molar-refractivity contribution is 0.0481. The van der Waals surface area contributed by atoms with Crippen molar-refractivity contribution in [1.29, 1.82) is 0 Å². The Morgan fingerprint density at radius 1 is 1.09 bits per heavy atom. The molecule has 182 valence electrons. The maximum Gasteiger partial charge on any atom is 0.407 e. The Hall–Kier alpha value is -3.39. The van der Waals surface area contributed by atoms with Gasteiger partial charge in [0.05, 0.1) is 6.10 Å². The number of aromatic amines is 1. The fraction of sp³-hybridized carbons (Fsp3) is 0.385. The van der Waals surface area contributed by atoms with Gasteiger partial charge in [-0.25, -0.2) is 9.18 Å². The van der Waals surface area contributed by atoms with Crippen molar-refractivity contribution in [2.24, 2.45) is 5.92 Å². The van der Waals surface area contributed by atoms with E-state index in [4.69, 9.17) is 4.74 Å². The molecule has 7 nitrogen and oxygen atoms in total. The Bertz CT molecular complexity index is 1140. The van der Waals surface area contributed by atoms with Crippen LogP contribution in [0, 0.1) is 11.7 Å². The second-order valence-corrected chi connectivity index (χ2v) is 9.52. The minimum atomic E-state index is -0.782. The number of rotatable bonds is 8. The number of ether oxygens (including phenoxy) is 1. The van der Waals surface area contributed by atoms with Crippen LogP contribution in [0.15, 0.2) is 48.5 Å². The number of aliphatic hydroxyl groups is 1. The fourth-order valence-corrected chi connectivity index (χ4v) is 3.74. The minimum Gasteiger partial charge on any atom is -0.444 e. The first-order valence-corrected chi connectivity index (χ1v) is 11.3. The highest BCUT2D eigenvalue weighted by atomic mass is 19.1. The minimum absolute atomic E-state index is 0.0543. The van der Waals surface area contributed by atoms with Crippen LogP contribution < -0.4 is 10.6 Å². The summed E-state index contributed by atoms with van der Waals surface area (Å²) < 4.78 is 19.1. The van der Waals surface area contributed by atoms with Crippen molar-refractivity contribution >= 4 is 22.9 Å². The molecule has 0 spiro atoms. The lowest BCUT2D eigenvalue weighted by Crippen LogP contribution is -2.38. The van der Waals surface area contributed by atoms with E-state index in [1.165, 1.54) is 12.1 Å². The molecule has 0 aliphatic rings. The number of carbonyl (C=O) groups excluding carboxylic acids is 2. The van der Waals surface area contributed by atoms with E-state index < -0.39 is 17.8 Å². The van der Waals surface area contributed by atoms with E-state index in [2.05, 4.69) is 15.6 Å². The first-order valence-electron chi connectivity index (χ1n) is 11.3. The van der Waals surface area contributed by atoms with Gasteiger partial charge in [-0.05, 0) is 56.9 Å². The predicted octanol–water partition coefficient (Wildman–Crippen LogP) is 4.62. The lowest BCUT2D eigenvalue weighted by Gasteiger charge is -2.21. The molecule has 0 aliphatic carbocycles. The van der Waals surface area contributed by atoms with Crippen LogP contribution in [0.25, 0.3) is 22.0 Å². The Balaban J connectivity index is 1.63. The Labute approximate surface area is 198 Å². The molecule has 0 saturated carbocycles. The van der Waals surface area contributed by atoms with Gasteiger partial charge in [0.15, 0.2) is 0 Å². The molecule has 2 amide bonds. The van der Waals surface area contributed by atoms with Crippen LogP contribution in [0.4, 0.5) is 9.18 Å². The van der Waals surface area contributed by atoms with Crippen molar-refractivity contribution in [1.82, 2.24) is 15.6 Å². The van der Waals surface area contributed by atoms with Crippen LogP contribution in [0.5, 0.6) is 0 Å². The van der Waals surface area contributed by atoms with Gasteiger partial charge in [0.25, 0.3) is 5.91 Å². The first kappa shape index (κ1) is 25.2. The summed E-state index contributed by atoms with van der Waals surface area (Å²) in [5, 5.41) is 16.3. The summed E-state index contributed by atoms with van der Waals surface area (Å²) >= 11 is 0. The third-order valence-electron chi connectivity index (χ3n) is 5.22. The molecule has 2 atom stereocenters. The van der Waals surface area contributed by atoms with Crippen LogP contribution in [0.1, 0.15) is 44.6 Å². The van der Waals surface area contributed by atoms with E-state index in [-0.39, 0.29) is 24.2 Å². The molecule has 8 heteroatoms. The fourth-order valence-electron chi connectivity index (χ4n) is 3.74. The second kappa shape index (κ2) is 10.7. The van der Waals surface area contributed by atoms with Crippen LogP contribution in [-0.4, -0.2) is 46.9 Å². The number of amides is 2. The maximum absolute atomic E-state index is 13.9.